The highest BCUT2D eigenvalue weighted by molar-refractivity contribution is 5.69. The Kier molecular flexibility index (Phi) is 4.03. The Bertz CT molecular complexity index is 324. The van der Waals surface area contributed by atoms with E-state index in [0.717, 1.165) is 6.42 Å². The van der Waals surface area contributed by atoms with Gasteiger partial charge in [-0.1, -0.05) is 0 Å². The SMILES string of the molecule is CC(C)(C)OC(=O)N1CC2(C1)OCC(CCN)CO2. The molecule has 2 rings (SSSR count). The van der Waals surface area contributed by atoms with Gasteiger partial charge in [-0.05, 0) is 33.7 Å². The van der Waals surface area contributed by atoms with Crippen LogP contribution in [0.4, 0.5) is 4.79 Å². The van der Waals surface area contributed by atoms with E-state index >= 15 is 0 Å². The standard InChI is InChI=1S/C13H24N2O4/c1-12(2,3)19-11(16)15-8-13(9-15)17-6-10(4-5-14)7-18-13/h10H,4-9,14H2,1-3H3. The van der Waals surface area contributed by atoms with E-state index in [2.05, 4.69) is 0 Å². The summed E-state index contributed by atoms with van der Waals surface area (Å²) in [6.07, 6.45) is 0.598. The van der Waals surface area contributed by atoms with Crippen molar-refractivity contribution < 1.29 is 19.0 Å². The summed E-state index contributed by atoms with van der Waals surface area (Å²) in [5.74, 6) is -0.242. The van der Waals surface area contributed by atoms with Crippen LogP contribution < -0.4 is 5.73 Å². The first kappa shape index (κ1) is 14.6. The topological polar surface area (TPSA) is 74.0 Å². The molecule has 1 spiro atoms. The average molecular weight is 272 g/mol. The highest BCUT2D eigenvalue weighted by Crippen LogP contribution is 2.32. The van der Waals surface area contributed by atoms with E-state index in [4.69, 9.17) is 19.9 Å². The fraction of sp³-hybridized carbons (Fsp3) is 0.923. The Morgan fingerprint density at radius 3 is 2.42 bits per heavy atom. The van der Waals surface area contributed by atoms with Gasteiger partial charge in [0.05, 0.1) is 26.3 Å². The summed E-state index contributed by atoms with van der Waals surface area (Å²) in [5, 5.41) is 0. The van der Waals surface area contributed by atoms with Crippen LogP contribution in [0.1, 0.15) is 27.2 Å². The lowest BCUT2D eigenvalue weighted by molar-refractivity contribution is -0.328. The molecular formula is C13H24N2O4. The van der Waals surface area contributed by atoms with Crippen molar-refractivity contribution in [3.05, 3.63) is 0 Å². The van der Waals surface area contributed by atoms with Crippen LogP contribution in [-0.2, 0) is 14.2 Å². The van der Waals surface area contributed by atoms with Gasteiger partial charge in [0.2, 0.25) is 5.79 Å². The molecule has 110 valence electrons. The lowest BCUT2D eigenvalue weighted by atomic mass is 10.0. The quantitative estimate of drug-likeness (QED) is 0.810. The summed E-state index contributed by atoms with van der Waals surface area (Å²) >= 11 is 0. The zero-order valence-corrected chi connectivity index (χ0v) is 12.0. The van der Waals surface area contributed by atoms with Gasteiger partial charge in [-0.15, -0.1) is 0 Å². The van der Waals surface area contributed by atoms with Crippen molar-refractivity contribution in [2.45, 2.75) is 38.6 Å². The van der Waals surface area contributed by atoms with Crippen LogP contribution in [0.15, 0.2) is 0 Å². The molecule has 2 N–H and O–H groups in total. The van der Waals surface area contributed by atoms with E-state index in [0.29, 0.717) is 38.8 Å². The predicted molar refractivity (Wildman–Crippen MR) is 69.6 cm³/mol. The molecular weight excluding hydrogens is 248 g/mol. The molecule has 0 radical (unpaired) electrons. The van der Waals surface area contributed by atoms with E-state index in [9.17, 15) is 4.79 Å². The Balaban J connectivity index is 1.75. The highest BCUT2D eigenvalue weighted by atomic mass is 16.7. The number of nitrogens with zero attached hydrogens (tertiary/aromatic N) is 1. The van der Waals surface area contributed by atoms with Crippen LogP contribution in [0.5, 0.6) is 0 Å². The number of rotatable bonds is 2. The van der Waals surface area contributed by atoms with Crippen molar-refractivity contribution in [3.8, 4) is 0 Å². The molecule has 2 heterocycles. The summed E-state index contributed by atoms with van der Waals surface area (Å²) in [7, 11) is 0. The molecule has 19 heavy (non-hydrogen) atoms. The lowest BCUT2D eigenvalue weighted by Gasteiger charge is -2.51. The molecule has 2 aliphatic rings. The number of likely N-dealkylation sites (tertiary alicyclic amines) is 1. The second-order valence-corrected chi connectivity index (χ2v) is 6.31. The van der Waals surface area contributed by atoms with Crippen molar-refractivity contribution in [2.75, 3.05) is 32.8 Å². The molecule has 6 heteroatoms. The van der Waals surface area contributed by atoms with Gasteiger partial charge < -0.3 is 19.9 Å². The van der Waals surface area contributed by atoms with E-state index in [-0.39, 0.29) is 6.09 Å². The third-order valence-electron chi connectivity index (χ3n) is 3.25. The van der Waals surface area contributed by atoms with Gasteiger partial charge in [0.1, 0.15) is 5.60 Å². The van der Waals surface area contributed by atoms with Gasteiger partial charge in [-0.25, -0.2) is 4.79 Å². The van der Waals surface area contributed by atoms with Gasteiger partial charge >= 0.3 is 6.09 Å². The summed E-state index contributed by atoms with van der Waals surface area (Å²) in [4.78, 5) is 13.4. The van der Waals surface area contributed by atoms with E-state index in [1.54, 1.807) is 4.90 Å². The summed E-state index contributed by atoms with van der Waals surface area (Å²) in [6, 6.07) is 0. The van der Waals surface area contributed by atoms with Crippen molar-refractivity contribution in [3.63, 3.8) is 0 Å². The maximum Gasteiger partial charge on any atom is 0.410 e. The molecule has 0 aliphatic carbocycles. The number of nitrogens with two attached hydrogens (primary N) is 1. The van der Waals surface area contributed by atoms with Crippen LogP contribution >= 0.6 is 0 Å². The maximum atomic E-state index is 11.8. The largest absolute Gasteiger partial charge is 0.444 e. The maximum absolute atomic E-state index is 11.8. The van der Waals surface area contributed by atoms with Gasteiger partial charge in [-0.2, -0.15) is 0 Å². The number of carbonyl (C=O) groups excluding carboxylic acids is 1. The number of amides is 1. The second kappa shape index (κ2) is 5.26. The number of carbonyl (C=O) groups is 1. The zero-order valence-electron chi connectivity index (χ0n) is 12.0. The molecule has 0 aromatic heterocycles. The van der Waals surface area contributed by atoms with Crippen molar-refractivity contribution in [1.82, 2.24) is 4.90 Å². The molecule has 0 atom stereocenters. The monoisotopic (exact) mass is 272 g/mol. The zero-order chi connectivity index (χ0) is 14.1. The molecule has 0 aromatic carbocycles. The Morgan fingerprint density at radius 1 is 1.37 bits per heavy atom. The molecule has 2 aliphatic heterocycles. The minimum atomic E-state index is -0.609. The van der Waals surface area contributed by atoms with Crippen molar-refractivity contribution >= 4 is 6.09 Å². The van der Waals surface area contributed by atoms with Gasteiger partial charge in [0, 0.05) is 5.92 Å². The summed E-state index contributed by atoms with van der Waals surface area (Å²) in [6.45, 7) is 8.39. The van der Waals surface area contributed by atoms with Crippen molar-refractivity contribution in [1.29, 1.82) is 0 Å². The summed E-state index contributed by atoms with van der Waals surface area (Å²) in [5.41, 5.74) is 5.04. The molecule has 2 saturated heterocycles. The van der Waals surface area contributed by atoms with Crippen LogP contribution in [0.2, 0.25) is 0 Å². The van der Waals surface area contributed by atoms with E-state index in [1.807, 2.05) is 20.8 Å². The van der Waals surface area contributed by atoms with Crippen molar-refractivity contribution in [2.24, 2.45) is 11.7 Å². The fourth-order valence-electron chi connectivity index (χ4n) is 2.21. The Labute approximate surface area is 114 Å². The first-order chi connectivity index (χ1) is 8.84. The molecule has 0 unspecified atom stereocenters. The minimum Gasteiger partial charge on any atom is -0.444 e. The Hall–Kier alpha value is -0.850. The molecule has 1 amide bonds. The van der Waals surface area contributed by atoms with Crippen LogP contribution in [-0.4, -0.2) is 55.2 Å². The smallest absolute Gasteiger partial charge is 0.410 e. The highest BCUT2D eigenvalue weighted by Gasteiger charge is 2.51. The van der Waals surface area contributed by atoms with Crippen LogP contribution in [0.25, 0.3) is 0 Å². The van der Waals surface area contributed by atoms with E-state index < -0.39 is 11.4 Å². The third-order valence-corrected chi connectivity index (χ3v) is 3.25. The molecule has 0 saturated carbocycles. The first-order valence-electron chi connectivity index (χ1n) is 6.79. The number of hydrogen-bond acceptors (Lipinski definition) is 5. The average Bonchev–Trinajstić information content (AvgIpc) is 2.25. The van der Waals surface area contributed by atoms with Gasteiger partial charge in [0.25, 0.3) is 0 Å². The normalized spacial score (nSPS) is 23.3. The lowest BCUT2D eigenvalue weighted by Crippen LogP contribution is -2.68. The molecule has 0 bridgehead atoms. The minimum absolute atomic E-state index is 0.311. The second-order valence-electron chi connectivity index (χ2n) is 6.31. The molecule has 6 nitrogen and oxygen atoms in total. The number of hydrogen-bond donors (Lipinski definition) is 1. The number of ether oxygens (including phenoxy) is 3. The van der Waals surface area contributed by atoms with Gasteiger partial charge in [0.15, 0.2) is 0 Å². The predicted octanol–water partition coefficient (Wildman–Crippen LogP) is 0.945. The fourth-order valence-corrected chi connectivity index (χ4v) is 2.21. The molecule has 2 fully saturated rings. The molecule has 0 aromatic rings. The van der Waals surface area contributed by atoms with Gasteiger partial charge in [-0.3, -0.25) is 4.90 Å². The van der Waals surface area contributed by atoms with Crippen LogP contribution in [0, 0.1) is 5.92 Å². The van der Waals surface area contributed by atoms with Crippen LogP contribution in [0.3, 0.4) is 0 Å². The third kappa shape index (κ3) is 3.58. The Morgan fingerprint density at radius 2 is 1.95 bits per heavy atom. The first-order valence-corrected chi connectivity index (χ1v) is 6.79. The van der Waals surface area contributed by atoms with E-state index in [1.165, 1.54) is 0 Å². The summed E-state index contributed by atoms with van der Waals surface area (Å²) < 4.78 is 16.8.